The number of hydrogen-bond donors (Lipinski definition) is 3. The van der Waals surface area contributed by atoms with E-state index in [1.807, 2.05) is 71.8 Å². The fourth-order valence-corrected chi connectivity index (χ4v) is 13.0. The lowest BCUT2D eigenvalue weighted by Crippen LogP contribution is -2.58. The monoisotopic (exact) mass is 1060 g/mol. The summed E-state index contributed by atoms with van der Waals surface area (Å²) >= 11 is 1.49. The molecular formula is C57H68N8O8S2. The summed E-state index contributed by atoms with van der Waals surface area (Å²) in [6.07, 6.45) is 7.83. The number of ether oxygens (including phenoxy) is 2. The summed E-state index contributed by atoms with van der Waals surface area (Å²) in [7, 11) is -2.42. The zero-order valence-corrected chi connectivity index (χ0v) is 45.3. The number of amides is 4. The molecule has 3 N–H and O–H groups in total. The third-order valence-corrected chi connectivity index (χ3v) is 19.0. The topological polar surface area (TPSA) is 192 Å². The summed E-state index contributed by atoms with van der Waals surface area (Å²) in [5.74, 6) is -0.869. The molecule has 10 rings (SSSR count). The minimum Gasteiger partial charge on any atom is -0.496 e. The van der Waals surface area contributed by atoms with Gasteiger partial charge in [0.2, 0.25) is 21.8 Å². The molecule has 75 heavy (non-hydrogen) atoms. The molecule has 16 nitrogen and oxygen atoms in total. The number of allylic oxidation sites excluding steroid dienone is 1. The van der Waals surface area contributed by atoms with Gasteiger partial charge in [-0.1, -0.05) is 63.1 Å². The van der Waals surface area contributed by atoms with Gasteiger partial charge in [-0.25, -0.2) is 18.4 Å². The lowest BCUT2D eigenvalue weighted by molar-refractivity contribution is -0.140. The van der Waals surface area contributed by atoms with Crippen molar-refractivity contribution in [1.82, 2.24) is 29.8 Å². The Morgan fingerprint density at radius 1 is 0.933 bits per heavy atom. The molecule has 3 aromatic carbocycles. The van der Waals surface area contributed by atoms with E-state index in [1.54, 1.807) is 31.1 Å². The van der Waals surface area contributed by atoms with Gasteiger partial charge in [-0.3, -0.25) is 23.9 Å². The molecule has 4 fully saturated rings. The third-order valence-electron chi connectivity index (χ3n) is 15.9. The van der Waals surface area contributed by atoms with Crippen LogP contribution in [0.15, 0.2) is 84.3 Å². The van der Waals surface area contributed by atoms with Crippen LogP contribution in [-0.4, -0.2) is 120 Å². The number of carbonyl (C=O) groups excluding carboxylic acids is 4. The van der Waals surface area contributed by atoms with Crippen LogP contribution in [0.4, 0.5) is 11.4 Å². The van der Waals surface area contributed by atoms with Crippen LogP contribution < -0.4 is 29.7 Å². The molecule has 0 unspecified atom stereocenters. The largest absolute Gasteiger partial charge is 0.496 e. The molecule has 4 amide bonds. The van der Waals surface area contributed by atoms with Crippen LogP contribution in [0.5, 0.6) is 11.5 Å². The average Bonchev–Trinajstić information content (AvgIpc) is 4.22. The molecule has 2 saturated carbocycles. The number of nitrogens with zero attached hydrogens (tertiary/aromatic N) is 5. The van der Waals surface area contributed by atoms with Gasteiger partial charge in [0.05, 0.1) is 29.6 Å². The van der Waals surface area contributed by atoms with Crippen molar-refractivity contribution in [3.05, 3.63) is 107 Å². The molecule has 396 valence electrons. The number of para-hydroxylation sites is 1. The summed E-state index contributed by atoms with van der Waals surface area (Å²) in [6.45, 7) is 12.4. The van der Waals surface area contributed by atoms with Gasteiger partial charge in [0.25, 0.3) is 11.8 Å². The molecule has 0 bridgehead atoms. The van der Waals surface area contributed by atoms with Gasteiger partial charge in [0.1, 0.15) is 45.9 Å². The maximum absolute atomic E-state index is 15.4. The van der Waals surface area contributed by atoms with Gasteiger partial charge < -0.3 is 34.8 Å². The molecule has 5 atom stereocenters. The van der Waals surface area contributed by atoms with E-state index in [0.717, 1.165) is 29.1 Å². The van der Waals surface area contributed by atoms with Gasteiger partial charge in [-0.2, -0.15) is 0 Å². The summed E-state index contributed by atoms with van der Waals surface area (Å²) in [4.78, 5) is 74.6. The summed E-state index contributed by atoms with van der Waals surface area (Å²) in [6, 6.07) is 19.2. The summed E-state index contributed by atoms with van der Waals surface area (Å²) in [5, 5.41) is 9.98. The number of pyridine rings is 1. The van der Waals surface area contributed by atoms with Crippen molar-refractivity contribution in [1.29, 1.82) is 0 Å². The number of nitrogens with one attached hydrogen (secondary N) is 3. The van der Waals surface area contributed by atoms with E-state index in [2.05, 4.69) is 53.2 Å². The molecule has 2 aromatic heterocycles. The van der Waals surface area contributed by atoms with Crippen LogP contribution in [-0.2, 0) is 24.4 Å². The fraction of sp³-hybridized carbons (Fsp3) is 0.474. The highest BCUT2D eigenvalue weighted by molar-refractivity contribution is 7.91. The third kappa shape index (κ3) is 10.6. The smallest absolute Gasteiger partial charge is 0.259 e. The second-order valence-electron chi connectivity index (χ2n) is 21.6. The summed E-state index contributed by atoms with van der Waals surface area (Å²) < 4.78 is 40.9. The molecule has 5 aliphatic rings. The van der Waals surface area contributed by atoms with Crippen molar-refractivity contribution in [2.45, 2.75) is 127 Å². The Hall–Kier alpha value is -6.53. The minimum absolute atomic E-state index is 0.0282. The van der Waals surface area contributed by atoms with E-state index in [1.165, 1.54) is 22.6 Å². The Bertz CT molecular complexity index is 3160. The minimum atomic E-state index is -4.03. The van der Waals surface area contributed by atoms with Crippen LogP contribution in [0, 0.1) is 19.8 Å². The van der Waals surface area contributed by atoms with E-state index < -0.39 is 56.2 Å². The number of aromatic nitrogens is 2. The maximum atomic E-state index is 15.4. The van der Waals surface area contributed by atoms with Crippen molar-refractivity contribution in [3.63, 3.8) is 0 Å². The zero-order chi connectivity index (χ0) is 52.8. The molecule has 2 aliphatic carbocycles. The number of carbonyl (C=O) groups is 4. The number of rotatable bonds is 12. The molecule has 2 saturated heterocycles. The predicted octanol–water partition coefficient (Wildman–Crippen LogP) is 8.29. The van der Waals surface area contributed by atoms with E-state index in [-0.39, 0.29) is 37.1 Å². The van der Waals surface area contributed by atoms with E-state index >= 15 is 9.59 Å². The highest BCUT2D eigenvalue weighted by atomic mass is 32.2. The number of fused-ring (bicyclic) bond motifs is 3. The van der Waals surface area contributed by atoms with Crippen LogP contribution >= 0.6 is 11.3 Å². The van der Waals surface area contributed by atoms with Gasteiger partial charge in [0.15, 0.2) is 0 Å². The normalized spacial score (nSPS) is 23.9. The molecule has 0 spiro atoms. The Morgan fingerprint density at radius 2 is 1.72 bits per heavy atom. The SMILES string of the molecule is COc1ccc2c(O[C@@H]3C[C@H]4C(=O)N[C@]5(C(=O)NS(=O)(=O)C6(C)CC6)C[C@H]5C=CCCCCC[C@H](Nc5cccc(C(=O)N6CCN(c7ccccc7C)CC6)c5)C(=O)N4C3)cc(-c3nc(C(C)C)cs3)nc2c1C. The molecule has 5 heterocycles. The predicted molar refractivity (Wildman–Crippen MR) is 292 cm³/mol. The maximum Gasteiger partial charge on any atom is 0.259 e. The van der Waals surface area contributed by atoms with Gasteiger partial charge >= 0.3 is 0 Å². The quantitative estimate of drug-likeness (QED) is 0.102. The van der Waals surface area contributed by atoms with Crippen molar-refractivity contribution < 1.29 is 37.1 Å². The van der Waals surface area contributed by atoms with Gasteiger partial charge in [0, 0.05) is 77.9 Å². The number of aryl methyl sites for hydroxylation is 2. The highest BCUT2D eigenvalue weighted by Gasteiger charge is 2.63. The first kappa shape index (κ1) is 51.9. The van der Waals surface area contributed by atoms with E-state index in [0.29, 0.717) is 97.6 Å². The first-order valence-electron chi connectivity index (χ1n) is 26.4. The zero-order valence-electron chi connectivity index (χ0n) is 43.7. The van der Waals surface area contributed by atoms with Crippen molar-refractivity contribution in [2.24, 2.45) is 5.92 Å². The highest BCUT2D eigenvalue weighted by Crippen LogP contribution is 2.48. The molecule has 5 aromatic rings. The van der Waals surface area contributed by atoms with Crippen molar-refractivity contribution in [2.75, 3.05) is 50.1 Å². The lowest BCUT2D eigenvalue weighted by atomic mass is 10.0. The van der Waals surface area contributed by atoms with Crippen molar-refractivity contribution in [3.8, 4) is 22.2 Å². The molecular weight excluding hydrogens is 989 g/mol. The second kappa shape index (κ2) is 20.9. The van der Waals surface area contributed by atoms with E-state index in [4.69, 9.17) is 19.4 Å². The van der Waals surface area contributed by atoms with E-state index in [9.17, 15) is 18.0 Å². The standard InChI is InChI=1S/C57H68N8O8S2/c1-35(2)45-34-74-52(60-45)44-31-49(42-21-22-48(72-6)37(4)50(42)59-44)73-41-30-47-51(66)61-57(55(69)62-75(70,71)56(5)23-24-56)32-39(57)17-10-8-7-9-11-19-43(54(68)65(47)33-41)58-40-18-14-16-38(29-40)53(67)64-27-25-63(26-28-64)46-20-13-12-15-36(46)3/h10,12-18,20-22,29,31,34-35,39,41,43,47,58H,7-9,11,19,23-28,30,32-33H2,1-6H3,(H,61,66)(H,62,69)/t39-,41-,43+,47+,57-/m1/s1. The number of hydrogen-bond acceptors (Lipinski definition) is 13. The lowest BCUT2D eigenvalue weighted by Gasteiger charge is -2.37. The number of piperazine rings is 1. The molecule has 18 heteroatoms. The number of methoxy groups -OCH3 is 1. The number of benzene rings is 3. The fourth-order valence-electron chi connectivity index (χ4n) is 10.8. The average molecular weight is 1060 g/mol. The number of thiazole rings is 1. The first-order valence-corrected chi connectivity index (χ1v) is 28.8. The Morgan fingerprint density at radius 3 is 2.45 bits per heavy atom. The van der Waals surface area contributed by atoms with Crippen molar-refractivity contribution >= 4 is 67.3 Å². The number of anilines is 2. The second-order valence-corrected chi connectivity index (χ2v) is 24.6. The summed E-state index contributed by atoms with van der Waals surface area (Å²) in [5.41, 5.74) is 4.95. The van der Waals surface area contributed by atoms with Crippen LogP contribution in [0.2, 0.25) is 0 Å². The van der Waals surface area contributed by atoms with Crippen LogP contribution in [0.1, 0.15) is 112 Å². The number of sulfonamides is 1. The van der Waals surface area contributed by atoms with Gasteiger partial charge in [-0.05, 0) is 107 Å². The Kier molecular flexibility index (Phi) is 14.5. The van der Waals surface area contributed by atoms with Crippen LogP contribution in [0.3, 0.4) is 0 Å². The molecule has 0 radical (unpaired) electrons. The molecule has 3 aliphatic heterocycles. The van der Waals surface area contributed by atoms with Crippen LogP contribution in [0.25, 0.3) is 21.6 Å². The van der Waals surface area contributed by atoms with Gasteiger partial charge in [-0.15, -0.1) is 11.3 Å². The Balaban J connectivity index is 0.957. The first-order chi connectivity index (χ1) is 36.0. The Labute approximate surface area is 443 Å².